The SMILES string of the molecule is COCCOc1ccccc1C(=O)NCc1cccc(-c2nc(-c3ccncc3)no2)c1. The Balaban J connectivity index is 1.43. The summed E-state index contributed by atoms with van der Waals surface area (Å²) in [7, 11) is 1.60. The first-order valence-electron chi connectivity index (χ1n) is 10.1. The molecular formula is C24H22N4O4. The van der Waals surface area contributed by atoms with Gasteiger partial charge in [-0.15, -0.1) is 0 Å². The van der Waals surface area contributed by atoms with Gasteiger partial charge in [0, 0.05) is 37.2 Å². The number of ether oxygens (including phenoxy) is 2. The van der Waals surface area contributed by atoms with E-state index in [1.165, 1.54) is 0 Å². The maximum Gasteiger partial charge on any atom is 0.258 e. The topological polar surface area (TPSA) is 99.4 Å². The van der Waals surface area contributed by atoms with Gasteiger partial charge in [-0.2, -0.15) is 4.98 Å². The number of pyridine rings is 1. The number of para-hydroxylation sites is 1. The van der Waals surface area contributed by atoms with E-state index in [-0.39, 0.29) is 5.91 Å². The zero-order valence-electron chi connectivity index (χ0n) is 17.5. The molecule has 0 saturated carbocycles. The minimum Gasteiger partial charge on any atom is -0.490 e. The highest BCUT2D eigenvalue weighted by molar-refractivity contribution is 5.96. The molecule has 0 aliphatic rings. The van der Waals surface area contributed by atoms with Gasteiger partial charge < -0.3 is 19.3 Å². The highest BCUT2D eigenvalue weighted by Crippen LogP contribution is 2.23. The van der Waals surface area contributed by atoms with Crippen LogP contribution < -0.4 is 10.1 Å². The van der Waals surface area contributed by atoms with Gasteiger partial charge in [-0.05, 0) is 42.0 Å². The van der Waals surface area contributed by atoms with E-state index in [9.17, 15) is 4.79 Å². The van der Waals surface area contributed by atoms with Crippen molar-refractivity contribution in [2.24, 2.45) is 0 Å². The van der Waals surface area contributed by atoms with Gasteiger partial charge in [-0.25, -0.2) is 0 Å². The smallest absolute Gasteiger partial charge is 0.258 e. The van der Waals surface area contributed by atoms with Crippen molar-refractivity contribution in [2.45, 2.75) is 6.54 Å². The van der Waals surface area contributed by atoms with Gasteiger partial charge in [0.2, 0.25) is 5.82 Å². The average Bonchev–Trinajstić information content (AvgIpc) is 3.34. The van der Waals surface area contributed by atoms with Crippen LogP contribution in [-0.2, 0) is 11.3 Å². The molecule has 0 saturated heterocycles. The van der Waals surface area contributed by atoms with E-state index in [2.05, 4.69) is 20.4 Å². The van der Waals surface area contributed by atoms with Gasteiger partial charge in [0.15, 0.2) is 0 Å². The second-order valence-electron chi connectivity index (χ2n) is 6.88. The molecule has 0 fully saturated rings. The van der Waals surface area contributed by atoms with Crippen LogP contribution in [0.4, 0.5) is 0 Å². The van der Waals surface area contributed by atoms with E-state index in [1.54, 1.807) is 37.7 Å². The zero-order chi connectivity index (χ0) is 22.2. The summed E-state index contributed by atoms with van der Waals surface area (Å²) in [6.07, 6.45) is 3.35. The van der Waals surface area contributed by atoms with E-state index in [4.69, 9.17) is 14.0 Å². The first-order valence-corrected chi connectivity index (χ1v) is 10.1. The molecule has 4 rings (SSSR count). The first kappa shape index (κ1) is 21.2. The molecule has 4 aromatic rings. The third-order valence-electron chi connectivity index (χ3n) is 4.67. The number of hydrogen-bond acceptors (Lipinski definition) is 7. The Morgan fingerprint density at radius 3 is 2.69 bits per heavy atom. The van der Waals surface area contributed by atoms with Crippen molar-refractivity contribution in [1.82, 2.24) is 20.4 Å². The predicted molar refractivity (Wildman–Crippen MR) is 118 cm³/mol. The lowest BCUT2D eigenvalue weighted by molar-refractivity contribution is 0.0943. The lowest BCUT2D eigenvalue weighted by Gasteiger charge is -2.11. The Morgan fingerprint density at radius 1 is 1.00 bits per heavy atom. The molecule has 0 atom stereocenters. The standard InChI is InChI=1S/C24H22N4O4/c1-30-13-14-31-21-8-3-2-7-20(21)23(29)26-16-17-5-4-6-19(15-17)24-27-22(28-32-24)18-9-11-25-12-10-18/h2-12,15H,13-14,16H2,1H3,(H,26,29). The molecule has 0 unspecified atom stereocenters. The lowest BCUT2D eigenvalue weighted by Crippen LogP contribution is -2.23. The molecule has 0 spiro atoms. The number of nitrogens with one attached hydrogen (secondary N) is 1. The van der Waals surface area contributed by atoms with Gasteiger partial charge in [-0.1, -0.05) is 29.4 Å². The number of aromatic nitrogens is 3. The number of amides is 1. The first-order chi connectivity index (χ1) is 15.7. The summed E-state index contributed by atoms with van der Waals surface area (Å²) in [5.74, 6) is 1.19. The van der Waals surface area contributed by atoms with E-state index >= 15 is 0 Å². The van der Waals surface area contributed by atoms with Crippen molar-refractivity contribution in [2.75, 3.05) is 20.3 Å². The molecule has 1 amide bonds. The minimum atomic E-state index is -0.221. The summed E-state index contributed by atoms with van der Waals surface area (Å²) in [6, 6.07) is 18.4. The lowest BCUT2D eigenvalue weighted by atomic mass is 10.1. The van der Waals surface area contributed by atoms with Crippen LogP contribution in [0.15, 0.2) is 77.6 Å². The van der Waals surface area contributed by atoms with Crippen molar-refractivity contribution in [3.05, 3.63) is 84.2 Å². The van der Waals surface area contributed by atoms with Gasteiger partial charge in [0.05, 0.1) is 12.2 Å². The van der Waals surface area contributed by atoms with Crippen molar-refractivity contribution < 1.29 is 18.8 Å². The number of carbonyl (C=O) groups excluding carboxylic acids is 1. The van der Waals surface area contributed by atoms with Crippen molar-refractivity contribution >= 4 is 5.91 Å². The van der Waals surface area contributed by atoms with E-state index in [1.807, 2.05) is 42.5 Å². The molecule has 8 nitrogen and oxygen atoms in total. The van der Waals surface area contributed by atoms with E-state index in [0.717, 1.165) is 16.7 Å². The Morgan fingerprint density at radius 2 is 1.84 bits per heavy atom. The molecule has 1 N–H and O–H groups in total. The summed E-state index contributed by atoms with van der Waals surface area (Å²) in [6.45, 7) is 1.15. The number of hydrogen-bond donors (Lipinski definition) is 1. The van der Waals surface area contributed by atoms with Gasteiger partial charge >= 0.3 is 0 Å². The van der Waals surface area contributed by atoms with Crippen LogP contribution in [0.1, 0.15) is 15.9 Å². The fourth-order valence-corrected chi connectivity index (χ4v) is 3.07. The zero-order valence-corrected chi connectivity index (χ0v) is 17.5. The Kier molecular flexibility index (Phi) is 6.84. The van der Waals surface area contributed by atoms with Gasteiger partial charge in [0.25, 0.3) is 11.8 Å². The van der Waals surface area contributed by atoms with Crippen LogP contribution in [-0.4, -0.2) is 41.4 Å². The van der Waals surface area contributed by atoms with Crippen LogP contribution in [0.2, 0.25) is 0 Å². The second kappa shape index (κ2) is 10.3. The number of rotatable bonds is 9. The van der Waals surface area contributed by atoms with Crippen molar-refractivity contribution in [3.8, 4) is 28.6 Å². The highest BCUT2D eigenvalue weighted by atomic mass is 16.5. The van der Waals surface area contributed by atoms with Gasteiger partial charge in [-0.3, -0.25) is 9.78 Å². The molecule has 2 aromatic carbocycles. The summed E-state index contributed by atoms with van der Waals surface area (Å²) in [5, 5.41) is 6.97. The van der Waals surface area contributed by atoms with E-state index < -0.39 is 0 Å². The molecular weight excluding hydrogens is 408 g/mol. The van der Waals surface area contributed by atoms with Crippen LogP contribution in [0.3, 0.4) is 0 Å². The molecule has 32 heavy (non-hydrogen) atoms. The van der Waals surface area contributed by atoms with Crippen LogP contribution in [0.25, 0.3) is 22.8 Å². The molecule has 2 heterocycles. The van der Waals surface area contributed by atoms with Crippen molar-refractivity contribution in [3.63, 3.8) is 0 Å². The molecule has 0 bridgehead atoms. The van der Waals surface area contributed by atoms with Crippen LogP contribution >= 0.6 is 0 Å². The Labute approximate surface area is 185 Å². The summed E-state index contributed by atoms with van der Waals surface area (Å²) in [5.41, 5.74) is 2.97. The summed E-state index contributed by atoms with van der Waals surface area (Å²) < 4.78 is 16.1. The van der Waals surface area contributed by atoms with Crippen LogP contribution in [0, 0.1) is 0 Å². The molecule has 0 radical (unpaired) electrons. The summed E-state index contributed by atoms with van der Waals surface area (Å²) >= 11 is 0. The molecule has 2 aromatic heterocycles. The third-order valence-corrected chi connectivity index (χ3v) is 4.67. The summed E-state index contributed by atoms with van der Waals surface area (Å²) in [4.78, 5) is 21.2. The predicted octanol–water partition coefficient (Wildman–Crippen LogP) is 3.75. The average molecular weight is 430 g/mol. The maximum atomic E-state index is 12.7. The Hall–Kier alpha value is -4.04. The fourth-order valence-electron chi connectivity index (χ4n) is 3.07. The number of carbonyl (C=O) groups is 1. The van der Waals surface area contributed by atoms with Crippen LogP contribution in [0.5, 0.6) is 5.75 Å². The quantitative estimate of drug-likeness (QED) is 0.404. The van der Waals surface area contributed by atoms with Gasteiger partial charge in [0.1, 0.15) is 12.4 Å². The second-order valence-corrected chi connectivity index (χ2v) is 6.88. The molecule has 0 aliphatic heterocycles. The molecule has 162 valence electrons. The Bertz CT molecular complexity index is 1180. The number of benzene rings is 2. The minimum absolute atomic E-state index is 0.221. The van der Waals surface area contributed by atoms with Crippen molar-refractivity contribution in [1.29, 1.82) is 0 Å². The molecule has 8 heteroatoms. The maximum absolute atomic E-state index is 12.7. The number of methoxy groups -OCH3 is 1. The monoisotopic (exact) mass is 430 g/mol. The largest absolute Gasteiger partial charge is 0.490 e. The number of nitrogens with zero attached hydrogens (tertiary/aromatic N) is 3. The van der Waals surface area contributed by atoms with E-state index in [0.29, 0.717) is 42.8 Å². The normalized spacial score (nSPS) is 10.7. The highest BCUT2D eigenvalue weighted by Gasteiger charge is 2.13. The molecule has 0 aliphatic carbocycles. The third kappa shape index (κ3) is 5.16. The fraction of sp³-hybridized carbons (Fsp3) is 0.167.